The minimum Gasteiger partial charge on any atom is -0.396 e. The maximum Gasteiger partial charge on any atom is 0.232 e. The van der Waals surface area contributed by atoms with Crippen LogP contribution in [0.3, 0.4) is 0 Å². The third-order valence-corrected chi connectivity index (χ3v) is 5.02. The van der Waals surface area contributed by atoms with Crippen LogP contribution in [0.15, 0.2) is 41.8 Å². The fourth-order valence-corrected chi connectivity index (χ4v) is 3.66. The normalized spacial score (nSPS) is 11.7. The van der Waals surface area contributed by atoms with Gasteiger partial charge < -0.3 is 5.11 Å². The van der Waals surface area contributed by atoms with E-state index in [1.807, 2.05) is 31.2 Å². The first kappa shape index (κ1) is 15.7. The molecule has 5 nitrogen and oxygen atoms in total. The largest absolute Gasteiger partial charge is 0.396 e. The number of aliphatic hydroxyl groups excluding tert-OH is 1. The van der Waals surface area contributed by atoms with E-state index in [1.165, 1.54) is 6.20 Å². The molecule has 21 heavy (non-hydrogen) atoms. The standard InChI is InChI=1S/C15H20N2O3S/c1-13-7-3-4-8-14(13)17-10-9-16-15(17)21(19,20)12-6-2-5-11-18/h3-4,7-10,18H,2,5-6,11-12H2,1H3. The molecule has 0 aliphatic heterocycles. The zero-order chi connectivity index (χ0) is 15.3. The first-order valence-corrected chi connectivity index (χ1v) is 8.64. The zero-order valence-corrected chi connectivity index (χ0v) is 12.9. The molecule has 0 unspecified atom stereocenters. The van der Waals surface area contributed by atoms with Gasteiger partial charge in [0, 0.05) is 19.0 Å². The summed E-state index contributed by atoms with van der Waals surface area (Å²) in [6, 6.07) is 7.60. The molecule has 2 aromatic rings. The van der Waals surface area contributed by atoms with Crippen molar-refractivity contribution >= 4 is 9.84 Å². The number of para-hydroxylation sites is 1. The molecule has 6 heteroatoms. The Morgan fingerprint density at radius 2 is 1.95 bits per heavy atom. The van der Waals surface area contributed by atoms with Crippen LogP contribution in [0.5, 0.6) is 0 Å². The number of benzene rings is 1. The van der Waals surface area contributed by atoms with Crippen molar-refractivity contribution in [3.8, 4) is 5.69 Å². The quantitative estimate of drug-likeness (QED) is 0.795. The van der Waals surface area contributed by atoms with E-state index >= 15 is 0 Å². The van der Waals surface area contributed by atoms with Crippen LogP contribution in [-0.4, -0.2) is 35.4 Å². The van der Waals surface area contributed by atoms with Crippen LogP contribution in [-0.2, 0) is 9.84 Å². The lowest BCUT2D eigenvalue weighted by molar-refractivity contribution is 0.284. The van der Waals surface area contributed by atoms with Gasteiger partial charge in [0.2, 0.25) is 15.0 Å². The van der Waals surface area contributed by atoms with Gasteiger partial charge in [-0.1, -0.05) is 24.6 Å². The smallest absolute Gasteiger partial charge is 0.232 e. The number of nitrogens with zero attached hydrogens (tertiary/aromatic N) is 2. The summed E-state index contributed by atoms with van der Waals surface area (Å²) >= 11 is 0. The van der Waals surface area contributed by atoms with Crippen LogP contribution in [0.4, 0.5) is 0 Å². The molecule has 0 amide bonds. The maximum absolute atomic E-state index is 12.4. The highest BCUT2D eigenvalue weighted by molar-refractivity contribution is 7.91. The van der Waals surface area contributed by atoms with Crippen molar-refractivity contribution in [3.63, 3.8) is 0 Å². The van der Waals surface area contributed by atoms with Crippen molar-refractivity contribution in [2.75, 3.05) is 12.4 Å². The van der Waals surface area contributed by atoms with Gasteiger partial charge in [0.05, 0.1) is 11.4 Å². The summed E-state index contributed by atoms with van der Waals surface area (Å²) in [5, 5.41) is 8.82. The number of rotatable bonds is 7. The van der Waals surface area contributed by atoms with E-state index in [9.17, 15) is 8.42 Å². The molecule has 2 rings (SSSR count). The van der Waals surface area contributed by atoms with Crippen molar-refractivity contribution in [3.05, 3.63) is 42.2 Å². The summed E-state index contributed by atoms with van der Waals surface area (Å²) < 4.78 is 26.5. The maximum atomic E-state index is 12.4. The molecule has 0 fully saturated rings. The number of hydrogen-bond donors (Lipinski definition) is 1. The van der Waals surface area contributed by atoms with Crippen molar-refractivity contribution < 1.29 is 13.5 Å². The number of imidazole rings is 1. The Hall–Kier alpha value is -1.66. The molecule has 0 bridgehead atoms. The summed E-state index contributed by atoms with van der Waals surface area (Å²) in [5.41, 5.74) is 1.82. The van der Waals surface area contributed by atoms with Gasteiger partial charge in [0.1, 0.15) is 0 Å². The topological polar surface area (TPSA) is 72.2 Å². The highest BCUT2D eigenvalue weighted by atomic mass is 32.2. The molecule has 1 aromatic heterocycles. The van der Waals surface area contributed by atoms with Gasteiger partial charge >= 0.3 is 0 Å². The van der Waals surface area contributed by atoms with Crippen molar-refractivity contribution in [2.45, 2.75) is 31.3 Å². The van der Waals surface area contributed by atoms with E-state index in [0.29, 0.717) is 19.3 Å². The van der Waals surface area contributed by atoms with Gasteiger partial charge in [-0.2, -0.15) is 0 Å². The average molecular weight is 308 g/mol. The summed E-state index contributed by atoms with van der Waals surface area (Å²) in [6.07, 6.45) is 5.03. The number of aryl methyl sites for hydroxylation is 1. The Labute approximate surface area is 125 Å². The second-order valence-electron chi connectivity index (χ2n) is 4.97. The second-order valence-corrected chi connectivity index (χ2v) is 6.97. The minimum atomic E-state index is -3.42. The van der Waals surface area contributed by atoms with Crippen LogP contribution in [0.25, 0.3) is 5.69 Å². The van der Waals surface area contributed by atoms with E-state index in [0.717, 1.165) is 11.3 Å². The lowest BCUT2D eigenvalue weighted by atomic mass is 10.2. The summed E-state index contributed by atoms with van der Waals surface area (Å²) in [4.78, 5) is 4.03. The molecule has 0 saturated heterocycles. The van der Waals surface area contributed by atoms with Gasteiger partial charge in [0.25, 0.3) is 0 Å². The summed E-state index contributed by atoms with van der Waals surface area (Å²) in [6.45, 7) is 2.03. The predicted molar refractivity (Wildman–Crippen MR) is 81.3 cm³/mol. The SMILES string of the molecule is Cc1ccccc1-n1ccnc1S(=O)(=O)CCCCCO. The molecule has 1 heterocycles. The van der Waals surface area contributed by atoms with Crippen molar-refractivity contribution in [2.24, 2.45) is 0 Å². The third-order valence-electron chi connectivity index (χ3n) is 3.33. The van der Waals surface area contributed by atoms with Gasteiger partial charge in [-0.3, -0.25) is 4.57 Å². The van der Waals surface area contributed by atoms with E-state index in [4.69, 9.17) is 5.11 Å². The van der Waals surface area contributed by atoms with Crippen LogP contribution in [0.1, 0.15) is 24.8 Å². The highest BCUT2D eigenvalue weighted by Crippen LogP contribution is 2.19. The molecule has 0 saturated carbocycles. The van der Waals surface area contributed by atoms with E-state index < -0.39 is 9.84 Å². The van der Waals surface area contributed by atoms with Crippen molar-refractivity contribution in [1.82, 2.24) is 9.55 Å². The van der Waals surface area contributed by atoms with Gasteiger partial charge in [-0.05, 0) is 31.4 Å². The van der Waals surface area contributed by atoms with Gasteiger partial charge in [-0.15, -0.1) is 0 Å². The second kappa shape index (κ2) is 6.87. The summed E-state index contributed by atoms with van der Waals surface area (Å²) in [5.74, 6) is 0.0515. The minimum absolute atomic E-state index is 0.0515. The van der Waals surface area contributed by atoms with Crippen LogP contribution < -0.4 is 0 Å². The molecule has 1 N–H and O–H groups in total. The number of unbranched alkanes of at least 4 members (excludes halogenated alkanes) is 2. The molecule has 0 radical (unpaired) electrons. The number of hydrogen-bond acceptors (Lipinski definition) is 4. The Bertz CT molecular complexity index is 692. The predicted octanol–water partition coefficient (Wildman–Crippen LogP) is 2.12. The summed E-state index contributed by atoms with van der Waals surface area (Å²) in [7, 11) is -3.42. The Balaban J connectivity index is 2.26. The van der Waals surface area contributed by atoms with E-state index in [2.05, 4.69) is 4.98 Å². The number of aliphatic hydroxyl groups is 1. The van der Waals surface area contributed by atoms with Crippen LogP contribution >= 0.6 is 0 Å². The highest BCUT2D eigenvalue weighted by Gasteiger charge is 2.21. The first-order valence-electron chi connectivity index (χ1n) is 6.99. The fraction of sp³-hybridized carbons (Fsp3) is 0.400. The van der Waals surface area contributed by atoms with Gasteiger partial charge in [0.15, 0.2) is 0 Å². The number of sulfone groups is 1. The van der Waals surface area contributed by atoms with Crippen LogP contribution in [0, 0.1) is 6.92 Å². The molecule has 0 atom stereocenters. The lowest BCUT2D eigenvalue weighted by Gasteiger charge is -2.11. The fourth-order valence-electron chi connectivity index (χ4n) is 2.21. The van der Waals surface area contributed by atoms with Crippen molar-refractivity contribution in [1.29, 1.82) is 0 Å². The lowest BCUT2D eigenvalue weighted by Crippen LogP contribution is -2.13. The Kier molecular flexibility index (Phi) is 5.14. The Morgan fingerprint density at radius 3 is 2.67 bits per heavy atom. The molecular formula is C15H20N2O3S. The molecular weight excluding hydrogens is 288 g/mol. The average Bonchev–Trinajstić information content (AvgIpc) is 2.94. The molecule has 114 valence electrons. The molecule has 0 spiro atoms. The van der Waals surface area contributed by atoms with Crippen LogP contribution in [0.2, 0.25) is 0 Å². The third kappa shape index (κ3) is 3.71. The molecule has 1 aromatic carbocycles. The Morgan fingerprint density at radius 1 is 1.19 bits per heavy atom. The molecule has 0 aliphatic rings. The van der Waals surface area contributed by atoms with E-state index in [-0.39, 0.29) is 17.5 Å². The monoisotopic (exact) mass is 308 g/mol. The van der Waals surface area contributed by atoms with E-state index in [1.54, 1.807) is 10.8 Å². The molecule has 0 aliphatic carbocycles. The first-order chi connectivity index (χ1) is 10.1. The zero-order valence-electron chi connectivity index (χ0n) is 12.1. The number of aromatic nitrogens is 2. The van der Waals surface area contributed by atoms with Gasteiger partial charge in [-0.25, -0.2) is 13.4 Å².